The van der Waals surface area contributed by atoms with Crippen molar-refractivity contribution in [1.82, 2.24) is 5.32 Å². The zero-order chi connectivity index (χ0) is 7.03. The molecule has 0 atom stereocenters. The summed E-state index contributed by atoms with van der Waals surface area (Å²) in [6, 6.07) is 0. The van der Waals surface area contributed by atoms with Crippen LogP contribution < -0.4 is 11.1 Å². The number of hydrogen-bond donors (Lipinski definition) is 2. The molecule has 0 unspecified atom stereocenters. The van der Waals surface area contributed by atoms with Crippen molar-refractivity contribution < 1.29 is 4.84 Å². The lowest BCUT2D eigenvalue weighted by molar-refractivity contribution is -0.0559. The Morgan fingerprint density at radius 3 is 2.80 bits per heavy atom. The first-order valence-electron chi connectivity index (χ1n) is 3.49. The van der Waals surface area contributed by atoms with E-state index < -0.39 is 0 Å². The summed E-state index contributed by atoms with van der Waals surface area (Å²) in [6.45, 7) is 2.36. The topological polar surface area (TPSA) is 59.6 Å². The second-order valence-electron chi connectivity index (χ2n) is 2.92. The predicted molar refractivity (Wildman–Crippen MR) is 37.8 cm³/mol. The second-order valence-corrected chi connectivity index (χ2v) is 2.92. The largest absolute Gasteiger partial charge is 0.386 e. The van der Waals surface area contributed by atoms with Crippen LogP contribution in [-0.4, -0.2) is 30.9 Å². The molecule has 2 aliphatic rings. The lowest BCUT2D eigenvalue weighted by atomic mass is 9.91. The molecule has 0 radical (unpaired) electrons. The minimum absolute atomic E-state index is 0.00525. The third kappa shape index (κ3) is 0.726. The molecule has 0 amide bonds. The summed E-state index contributed by atoms with van der Waals surface area (Å²) < 4.78 is 0. The van der Waals surface area contributed by atoms with Crippen molar-refractivity contribution >= 4 is 5.71 Å². The number of nitrogens with one attached hydrogen (secondary N) is 1. The number of nitrogens with two attached hydrogens (primary N) is 1. The van der Waals surface area contributed by atoms with Gasteiger partial charge in [-0.25, -0.2) is 0 Å². The van der Waals surface area contributed by atoms with Gasteiger partial charge in [0.2, 0.25) is 0 Å². The summed E-state index contributed by atoms with van der Waals surface area (Å²) >= 11 is 0. The minimum Gasteiger partial charge on any atom is -0.386 e. The Balaban J connectivity index is 1.98. The van der Waals surface area contributed by atoms with Gasteiger partial charge in [0.25, 0.3) is 0 Å². The SMILES string of the molecule is NCC1=NOC2(CNC2)C1. The third-order valence-corrected chi connectivity index (χ3v) is 2.02. The van der Waals surface area contributed by atoms with Gasteiger partial charge >= 0.3 is 0 Å². The van der Waals surface area contributed by atoms with Crippen LogP contribution in [0.25, 0.3) is 0 Å². The van der Waals surface area contributed by atoms with Crippen molar-refractivity contribution in [3.63, 3.8) is 0 Å². The van der Waals surface area contributed by atoms with E-state index in [2.05, 4.69) is 10.5 Å². The Kier molecular flexibility index (Phi) is 1.18. The van der Waals surface area contributed by atoms with Crippen LogP contribution in [0.5, 0.6) is 0 Å². The molecule has 0 aromatic carbocycles. The van der Waals surface area contributed by atoms with E-state index in [1.54, 1.807) is 0 Å². The Hall–Kier alpha value is -0.610. The van der Waals surface area contributed by atoms with Gasteiger partial charge < -0.3 is 15.9 Å². The smallest absolute Gasteiger partial charge is 0.167 e. The van der Waals surface area contributed by atoms with Gasteiger partial charge in [0.15, 0.2) is 5.60 Å². The van der Waals surface area contributed by atoms with E-state index in [0.29, 0.717) is 6.54 Å². The van der Waals surface area contributed by atoms with E-state index in [1.807, 2.05) is 0 Å². The summed E-state index contributed by atoms with van der Waals surface area (Å²) in [5, 5.41) is 7.03. The monoisotopic (exact) mass is 141 g/mol. The molecular weight excluding hydrogens is 130 g/mol. The van der Waals surface area contributed by atoms with Crippen LogP contribution in [0.1, 0.15) is 6.42 Å². The highest BCUT2D eigenvalue weighted by Crippen LogP contribution is 2.26. The molecule has 3 N–H and O–H groups in total. The number of nitrogens with zero attached hydrogens (tertiary/aromatic N) is 1. The molecule has 2 aliphatic heterocycles. The van der Waals surface area contributed by atoms with Gasteiger partial charge in [-0.05, 0) is 0 Å². The van der Waals surface area contributed by atoms with Gasteiger partial charge in [-0.2, -0.15) is 0 Å². The summed E-state index contributed by atoms with van der Waals surface area (Å²) in [5.74, 6) is 0. The lowest BCUT2D eigenvalue weighted by Crippen LogP contribution is -2.59. The summed E-state index contributed by atoms with van der Waals surface area (Å²) in [7, 11) is 0. The number of hydrogen-bond acceptors (Lipinski definition) is 4. The fraction of sp³-hybridized carbons (Fsp3) is 0.833. The highest BCUT2D eigenvalue weighted by Gasteiger charge is 2.44. The first-order valence-corrected chi connectivity index (χ1v) is 3.49. The number of rotatable bonds is 1. The van der Waals surface area contributed by atoms with Gasteiger partial charge in [0.1, 0.15) is 0 Å². The Bertz CT molecular complexity index is 174. The fourth-order valence-electron chi connectivity index (χ4n) is 1.30. The van der Waals surface area contributed by atoms with E-state index in [9.17, 15) is 0 Å². The highest BCUT2D eigenvalue weighted by molar-refractivity contribution is 5.88. The molecule has 0 bridgehead atoms. The van der Waals surface area contributed by atoms with E-state index in [4.69, 9.17) is 10.6 Å². The molecular formula is C6H11N3O. The van der Waals surface area contributed by atoms with Crippen molar-refractivity contribution in [2.45, 2.75) is 12.0 Å². The average Bonchev–Trinajstić information content (AvgIpc) is 2.29. The molecule has 0 aromatic rings. The second kappa shape index (κ2) is 1.93. The highest BCUT2D eigenvalue weighted by atomic mass is 16.7. The first-order chi connectivity index (χ1) is 4.85. The molecule has 10 heavy (non-hydrogen) atoms. The van der Waals surface area contributed by atoms with Gasteiger partial charge in [-0.15, -0.1) is 0 Å². The average molecular weight is 141 g/mol. The maximum atomic E-state index is 5.40. The number of oxime groups is 1. The molecule has 0 aliphatic carbocycles. The first kappa shape index (κ1) is 6.12. The van der Waals surface area contributed by atoms with Crippen LogP contribution in [0.4, 0.5) is 0 Å². The zero-order valence-electron chi connectivity index (χ0n) is 5.76. The van der Waals surface area contributed by atoms with Gasteiger partial charge in [0, 0.05) is 26.1 Å². The normalized spacial score (nSPS) is 27.5. The van der Waals surface area contributed by atoms with Crippen LogP contribution in [0.3, 0.4) is 0 Å². The standard InChI is InChI=1S/C6H11N3O/c7-2-5-1-6(10-9-5)3-8-4-6/h8H,1-4,7H2. The summed E-state index contributed by atoms with van der Waals surface area (Å²) in [5.41, 5.74) is 6.38. The molecule has 1 fully saturated rings. The van der Waals surface area contributed by atoms with Crippen LogP contribution in [0.15, 0.2) is 5.16 Å². The Morgan fingerprint density at radius 1 is 1.70 bits per heavy atom. The molecule has 4 heteroatoms. The van der Waals surface area contributed by atoms with Gasteiger partial charge in [-0.1, -0.05) is 5.16 Å². The molecule has 2 heterocycles. The van der Waals surface area contributed by atoms with Crippen LogP contribution >= 0.6 is 0 Å². The minimum atomic E-state index is -0.00525. The van der Waals surface area contributed by atoms with E-state index in [-0.39, 0.29) is 5.60 Å². The summed E-state index contributed by atoms with van der Waals surface area (Å²) in [6.07, 6.45) is 0.913. The molecule has 0 aromatic heterocycles. The van der Waals surface area contributed by atoms with Crippen molar-refractivity contribution in [2.24, 2.45) is 10.9 Å². The Labute approximate surface area is 59.4 Å². The van der Waals surface area contributed by atoms with E-state index >= 15 is 0 Å². The molecule has 0 saturated carbocycles. The molecule has 4 nitrogen and oxygen atoms in total. The summed E-state index contributed by atoms with van der Waals surface area (Å²) in [4.78, 5) is 5.23. The molecule has 2 rings (SSSR count). The van der Waals surface area contributed by atoms with Crippen molar-refractivity contribution in [3.05, 3.63) is 0 Å². The van der Waals surface area contributed by atoms with Crippen LogP contribution in [0, 0.1) is 0 Å². The third-order valence-electron chi connectivity index (χ3n) is 2.02. The quantitative estimate of drug-likeness (QED) is 0.495. The molecule has 1 spiro atoms. The van der Waals surface area contributed by atoms with E-state index in [1.165, 1.54) is 0 Å². The predicted octanol–water partition coefficient (Wildman–Crippen LogP) is -0.937. The Morgan fingerprint density at radius 2 is 2.50 bits per heavy atom. The van der Waals surface area contributed by atoms with Gasteiger partial charge in [-0.3, -0.25) is 0 Å². The van der Waals surface area contributed by atoms with Crippen LogP contribution in [-0.2, 0) is 4.84 Å². The molecule has 1 saturated heterocycles. The zero-order valence-corrected chi connectivity index (χ0v) is 5.76. The van der Waals surface area contributed by atoms with Crippen molar-refractivity contribution in [1.29, 1.82) is 0 Å². The molecule has 56 valence electrons. The fourth-order valence-corrected chi connectivity index (χ4v) is 1.30. The van der Waals surface area contributed by atoms with Gasteiger partial charge in [0.05, 0.1) is 5.71 Å². The lowest BCUT2D eigenvalue weighted by Gasteiger charge is -2.35. The maximum Gasteiger partial charge on any atom is 0.167 e. The van der Waals surface area contributed by atoms with Crippen molar-refractivity contribution in [3.8, 4) is 0 Å². The van der Waals surface area contributed by atoms with E-state index in [0.717, 1.165) is 25.2 Å². The van der Waals surface area contributed by atoms with Crippen molar-refractivity contribution in [2.75, 3.05) is 19.6 Å². The maximum absolute atomic E-state index is 5.40. The van der Waals surface area contributed by atoms with Crippen LogP contribution in [0.2, 0.25) is 0 Å².